The SMILES string of the molecule is C=C(C)C(=O)OC(CC)NCC(C)C. The molecule has 0 fully saturated rings. The zero-order valence-corrected chi connectivity index (χ0v) is 9.59. The molecular formula is C11H21NO2. The Bertz CT molecular complexity index is 199. The Morgan fingerprint density at radius 1 is 1.50 bits per heavy atom. The van der Waals surface area contributed by atoms with Crippen LogP contribution in [0.4, 0.5) is 0 Å². The molecule has 0 aliphatic rings. The predicted octanol–water partition coefficient (Wildman–Crippen LogP) is 2.09. The number of ether oxygens (including phenoxy) is 1. The van der Waals surface area contributed by atoms with Crippen LogP contribution in [0.5, 0.6) is 0 Å². The number of carbonyl (C=O) groups is 1. The highest BCUT2D eigenvalue weighted by molar-refractivity contribution is 5.87. The lowest BCUT2D eigenvalue weighted by Gasteiger charge is -2.18. The van der Waals surface area contributed by atoms with Gasteiger partial charge in [-0.25, -0.2) is 4.79 Å². The minimum Gasteiger partial charge on any atom is -0.443 e. The highest BCUT2D eigenvalue weighted by atomic mass is 16.6. The van der Waals surface area contributed by atoms with Crippen molar-refractivity contribution in [2.24, 2.45) is 5.92 Å². The van der Waals surface area contributed by atoms with Gasteiger partial charge in [0.05, 0.1) is 0 Å². The molecule has 3 nitrogen and oxygen atoms in total. The number of rotatable bonds is 6. The maximum absolute atomic E-state index is 11.2. The van der Waals surface area contributed by atoms with Gasteiger partial charge < -0.3 is 4.74 Å². The molecule has 1 unspecified atom stereocenters. The van der Waals surface area contributed by atoms with E-state index in [0.29, 0.717) is 11.5 Å². The van der Waals surface area contributed by atoms with Gasteiger partial charge in [-0.15, -0.1) is 0 Å². The summed E-state index contributed by atoms with van der Waals surface area (Å²) in [6.07, 6.45) is 0.577. The molecule has 0 spiro atoms. The number of hydrogen-bond donors (Lipinski definition) is 1. The summed E-state index contributed by atoms with van der Waals surface area (Å²) in [6, 6.07) is 0. The lowest BCUT2D eigenvalue weighted by molar-refractivity contribution is -0.146. The lowest BCUT2D eigenvalue weighted by atomic mass is 10.2. The average molecular weight is 199 g/mol. The molecule has 0 aliphatic carbocycles. The highest BCUT2D eigenvalue weighted by Crippen LogP contribution is 2.00. The average Bonchev–Trinajstić information content (AvgIpc) is 2.11. The van der Waals surface area contributed by atoms with Crippen LogP contribution in [0.15, 0.2) is 12.2 Å². The van der Waals surface area contributed by atoms with Gasteiger partial charge in [0.1, 0.15) is 0 Å². The molecular weight excluding hydrogens is 178 g/mol. The summed E-state index contributed by atoms with van der Waals surface area (Å²) in [4.78, 5) is 11.2. The van der Waals surface area contributed by atoms with E-state index < -0.39 is 0 Å². The van der Waals surface area contributed by atoms with Crippen molar-refractivity contribution in [2.75, 3.05) is 6.54 Å². The second kappa shape index (κ2) is 6.60. The first kappa shape index (κ1) is 13.2. The monoisotopic (exact) mass is 199 g/mol. The molecule has 14 heavy (non-hydrogen) atoms. The predicted molar refractivity (Wildman–Crippen MR) is 57.8 cm³/mol. The van der Waals surface area contributed by atoms with E-state index in [2.05, 4.69) is 25.7 Å². The van der Waals surface area contributed by atoms with Crippen molar-refractivity contribution >= 4 is 5.97 Å². The zero-order valence-electron chi connectivity index (χ0n) is 9.59. The second-order valence-corrected chi connectivity index (χ2v) is 3.88. The third-order valence-electron chi connectivity index (χ3n) is 1.72. The minimum absolute atomic E-state index is 0.193. The van der Waals surface area contributed by atoms with E-state index in [1.807, 2.05) is 6.92 Å². The Morgan fingerprint density at radius 2 is 2.07 bits per heavy atom. The van der Waals surface area contributed by atoms with Crippen LogP contribution in [0.2, 0.25) is 0 Å². The number of nitrogens with one attached hydrogen (secondary N) is 1. The first-order valence-corrected chi connectivity index (χ1v) is 5.07. The Balaban J connectivity index is 3.90. The van der Waals surface area contributed by atoms with Crippen molar-refractivity contribution < 1.29 is 9.53 Å². The third-order valence-corrected chi connectivity index (χ3v) is 1.72. The van der Waals surface area contributed by atoms with E-state index >= 15 is 0 Å². The number of esters is 1. The van der Waals surface area contributed by atoms with Gasteiger partial charge in [-0.05, 0) is 19.3 Å². The van der Waals surface area contributed by atoms with Gasteiger partial charge >= 0.3 is 5.97 Å². The first-order chi connectivity index (χ1) is 6.47. The molecule has 0 amide bonds. The molecule has 0 radical (unpaired) electrons. The van der Waals surface area contributed by atoms with Crippen LogP contribution in [0.1, 0.15) is 34.1 Å². The van der Waals surface area contributed by atoms with Crippen LogP contribution >= 0.6 is 0 Å². The third kappa shape index (κ3) is 5.75. The standard InChI is InChI=1S/C11H21NO2/c1-6-10(12-7-8(2)3)14-11(13)9(4)5/h8,10,12H,4,6-7H2,1-3,5H3. The summed E-state index contributed by atoms with van der Waals surface area (Å²) in [7, 11) is 0. The van der Waals surface area contributed by atoms with Gasteiger partial charge in [-0.1, -0.05) is 27.4 Å². The van der Waals surface area contributed by atoms with E-state index in [1.165, 1.54) is 0 Å². The fourth-order valence-electron chi connectivity index (χ4n) is 0.866. The largest absolute Gasteiger partial charge is 0.443 e. The van der Waals surface area contributed by atoms with Gasteiger partial charge in [-0.2, -0.15) is 0 Å². The van der Waals surface area contributed by atoms with E-state index in [1.54, 1.807) is 6.92 Å². The number of carbonyl (C=O) groups excluding carboxylic acids is 1. The van der Waals surface area contributed by atoms with Crippen molar-refractivity contribution in [3.63, 3.8) is 0 Å². The highest BCUT2D eigenvalue weighted by Gasteiger charge is 2.12. The summed E-state index contributed by atoms with van der Waals surface area (Å²) >= 11 is 0. The van der Waals surface area contributed by atoms with Gasteiger partial charge in [0.15, 0.2) is 6.23 Å². The summed E-state index contributed by atoms with van der Waals surface area (Å²) in [5.74, 6) is 0.223. The van der Waals surface area contributed by atoms with E-state index in [4.69, 9.17) is 4.74 Å². The fourth-order valence-corrected chi connectivity index (χ4v) is 0.866. The van der Waals surface area contributed by atoms with Crippen molar-refractivity contribution in [1.82, 2.24) is 5.32 Å². The lowest BCUT2D eigenvalue weighted by Crippen LogP contribution is -2.35. The molecule has 0 saturated heterocycles. The van der Waals surface area contributed by atoms with Gasteiger partial charge in [0.2, 0.25) is 0 Å². The summed E-state index contributed by atoms with van der Waals surface area (Å²) in [5.41, 5.74) is 0.440. The van der Waals surface area contributed by atoms with Gasteiger partial charge in [-0.3, -0.25) is 5.32 Å². The Morgan fingerprint density at radius 3 is 2.43 bits per heavy atom. The van der Waals surface area contributed by atoms with Crippen molar-refractivity contribution in [1.29, 1.82) is 0 Å². The second-order valence-electron chi connectivity index (χ2n) is 3.88. The van der Waals surface area contributed by atoms with Gasteiger partial charge in [0.25, 0.3) is 0 Å². The van der Waals surface area contributed by atoms with Crippen LogP contribution in [0.25, 0.3) is 0 Å². The Kier molecular flexibility index (Phi) is 6.21. The topological polar surface area (TPSA) is 38.3 Å². The normalized spacial score (nSPS) is 12.6. The molecule has 0 aromatic carbocycles. The quantitative estimate of drug-likeness (QED) is 0.404. The van der Waals surface area contributed by atoms with Crippen LogP contribution in [0.3, 0.4) is 0 Å². The minimum atomic E-state index is -0.326. The van der Waals surface area contributed by atoms with Crippen molar-refractivity contribution in [2.45, 2.75) is 40.3 Å². The zero-order chi connectivity index (χ0) is 11.1. The van der Waals surface area contributed by atoms with Gasteiger partial charge in [0, 0.05) is 12.1 Å². The smallest absolute Gasteiger partial charge is 0.334 e. The van der Waals surface area contributed by atoms with Crippen LogP contribution in [0, 0.1) is 5.92 Å². The maximum Gasteiger partial charge on any atom is 0.334 e. The maximum atomic E-state index is 11.2. The summed E-state index contributed by atoms with van der Waals surface area (Å²) in [5, 5.41) is 3.17. The molecule has 0 rings (SSSR count). The van der Waals surface area contributed by atoms with Crippen molar-refractivity contribution in [3.05, 3.63) is 12.2 Å². The Labute approximate surface area is 86.5 Å². The molecule has 0 aromatic heterocycles. The molecule has 1 atom stereocenters. The van der Waals surface area contributed by atoms with E-state index in [9.17, 15) is 4.79 Å². The van der Waals surface area contributed by atoms with Crippen LogP contribution in [-0.2, 0) is 9.53 Å². The Hall–Kier alpha value is -0.830. The van der Waals surface area contributed by atoms with E-state index in [-0.39, 0.29) is 12.2 Å². The molecule has 0 aliphatic heterocycles. The summed E-state index contributed by atoms with van der Waals surface area (Å²) in [6.45, 7) is 12.2. The fraction of sp³-hybridized carbons (Fsp3) is 0.727. The number of hydrogen-bond acceptors (Lipinski definition) is 3. The molecule has 0 bridgehead atoms. The molecule has 3 heteroatoms. The van der Waals surface area contributed by atoms with E-state index in [0.717, 1.165) is 13.0 Å². The molecule has 0 saturated carbocycles. The summed E-state index contributed by atoms with van der Waals surface area (Å²) < 4.78 is 5.16. The van der Waals surface area contributed by atoms with Crippen molar-refractivity contribution in [3.8, 4) is 0 Å². The van der Waals surface area contributed by atoms with Crippen LogP contribution in [-0.4, -0.2) is 18.7 Å². The van der Waals surface area contributed by atoms with Crippen LogP contribution < -0.4 is 5.32 Å². The molecule has 0 heterocycles. The molecule has 1 N–H and O–H groups in total. The first-order valence-electron chi connectivity index (χ1n) is 5.07. The molecule has 0 aromatic rings. The molecule has 82 valence electrons.